The third-order valence-electron chi connectivity index (χ3n) is 9.27. The second-order valence-electron chi connectivity index (χ2n) is 12.1. The van der Waals surface area contributed by atoms with Gasteiger partial charge in [0.15, 0.2) is 0 Å². The van der Waals surface area contributed by atoms with E-state index in [4.69, 9.17) is 9.47 Å². The van der Waals surface area contributed by atoms with Gasteiger partial charge in [0.25, 0.3) is 0 Å². The Balaban J connectivity index is 1.53. The van der Waals surface area contributed by atoms with E-state index in [9.17, 15) is 10.2 Å². The van der Waals surface area contributed by atoms with Crippen LogP contribution in [0.5, 0.6) is 11.5 Å². The molecular formula is C43H38O4. The van der Waals surface area contributed by atoms with Crippen molar-refractivity contribution >= 4 is 0 Å². The monoisotopic (exact) mass is 618 g/mol. The van der Waals surface area contributed by atoms with Gasteiger partial charge in [0.1, 0.15) is 24.7 Å². The number of ether oxygens (including phenoxy) is 2. The van der Waals surface area contributed by atoms with Crippen molar-refractivity contribution in [3.63, 3.8) is 0 Å². The van der Waals surface area contributed by atoms with E-state index in [1.807, 2.05) is 12.1 Å². The molecule has 0 radical (unpaired) electrons. The molecule has 0 bridgehead atoms. The molecule has 1 aliphatic carbocycles. The molecule has 0 amide bonds. The van der Waals surface area contributed by atoms with E-state index in [2.05, 4.69) is 135 Å². The second-order valence-corrected chi connectivity index (χ2v) is 12.1. The van der Waals surface area contributed by atoms with E-state index in [0.717, 1.165) is 33.8 Å². The van der Waals surface area contributed by atoms with Crippen LogP contribution in [0.4, 0.5) is 0 Å². The summed E-state index contributed by atoms with van der Waals surface area (Å²) in [5.41, 5.74) is 13.2. The summed E-state index contributed by atoms with van der Waals surface area (Å²) in [6, 6.07) is 47.7. The Labute approximate surface area is 276 Å². The molecule has 234 valence electrons. The Kier molecular flexibility index (Phi) is 8.38. The van der Waals surface area contributed by atoms with Gasteiger partial charge in [-0.3, -0.25) is 0 Å². The third kappa shape index (κ3) is 5.40. The summed E-state index contributed by atoms with van der Waals surface area (Å²) in [6.07, 6.45) is 0. The van der Waals surface area contributed by atoms with Gasteiger partial charge in [0.05, 0.1) is 18.6 Å². The summed E-state index contributed by atoms with van der Waals surface area (Å²) >= 11 is 0. The molecule has 47 heavy (non-hydrogen) atoms. The molecule has 0 saturated heterocycles. The Hall–Kier alpha value is -5.16. The quantitative estimate of drug-likeness (QED) is 0.161. The summed E-state index contributed by atoms with van der Waals surface area (Å²) in [6.45, 7) is 4.54. The van der Waals surface area contributed by atoms with E-state index in [0.29, 0.717) is 0 Å². The first-order chi connectivity index (χ1) is 23.0. The van der Waals surface area contributed by atoms with E-state index in [-0.39, 0.29) is 26.4 Å². The fourth-order valence-electron chi connectivity index (χ4n) is 7.14. The lowest BCUT2D eigenvalue weighted by atomic mass is 9.67. The van der Waals surface area contributed by atoms with Gasteiger partial charge in [-0.2, -0.15) is 0 Å². The van der Waals surface area contributed by atoms with Crippen LogP contribution in [0.15, 0.2) is 133 Å². The minimum Gasteiger partial charge on any atom is -0.491 e. The van der Waals surface area contributed by atoms with Gasteiger partial charge >= 0.3 is 0 Å². The lowest BCUT2D eigenvalue weighted by Gasteiger charge is -2.35. The average molecular weight is 619 g/mol. The van der Waals surface area contributed by atoms with Crippen LogP contribution < -0.4 is 9.47 Å². The molecule has 4 heteroatoms. The lowest BCUT2D eigenvalue weighted by Crippen LogP contribution is -2.29. The first-order valence-electron chi connectivity index (χ1n) is 16.1. The van der Waals surface area contributed by atoms with Gasteiger partial charge in [-0.15, -0.1) is 0 Å². The number of benzene rings is 6. The number of hydrogen-bond acceptors (Lipinski definition) is 4. The highest BCUT2D eigenvalue weighted by Crippen LogP contribution is 2.58. The predicted molar refractivity (Wildman–Crippen MR) is 189 cm³/mol. The smallest absolute Gasteiger partial charge is 0.122 e. The number of aliphatic hydroxyl groups is 2. The van der Waals surface area contributed by atoms with Gasteiger partial charge in [0.2, 0.25) is 0 Å². The third-order valence-corrected chi connectivity index (χ3v) is 9.27. The zero-order valence-corrected chi connectivity index (χ0v) is 26.7. The van der Waals surface area contributed by atoms with Crippen molar-refractivity contribution in [1.82, 2.24) is 0 Å². The SMILES string of the molecule is Cc1cc(C2(c3ccc(OCCO)c(C)c3)c3ccc(-c4ccccc4)cc3-c3cc(-c4ccccc4)ccc32)ccc1OCCO. The molecule has 2 N–H and O–H groups in total. The molecule has 0 spiro atoms. The minimum atomic E-state index is -0.629. The Morgan fingerprint density at radius 3 is 1.28 bits per heavy atom. The molecule has 7 rings (SSSR count). The van der Waals surface area contributed by atoms with Crippen molar-refractivity contribution in [2.75, 3.05) is 26.4 Å². The maximum Gasteiger partial charge on any atom is 0.122 e. The van der Waals surface area contributed by atoms with Gasteiger partial charge in [-0.05, 0) is 105 Å². The largest absolute Gasteiger partial charge is 0.491 e. The molecule has 0 heterocycles. The van der Waals surface area contributed by atoms with Crippen LogP contribution in [-0.4, -0.2) is 36.6 Å². The van der Waals surface area contributed by atoms with E-state index in [1.165, 1.54) is 44.5 Å². The summed E-state index contributed by atoms with van der Waals surface area (Å²) in [7, 11) is 0. The zero-order chi connectivity index (χ0) is 32.4. The van der Waals surface area contributed by atoms with E-state index in [1.54, 1.807) is 0 Å². The molecule has 0 saturated carbocycles. The van der Waals surface area contributed by atoms with Gasteiger partial charge in [-0.1, -0.05) is 109 Å². The second kappa shape index (κ2) is 12.9. The maximum atomic E-state index is 9.42. The maximum absolute atomic E-state index is 9.42. The molecular weight excluding hydrogens is 580 g/mol. The number of hydrogen-bond donors (Lipinski definition) is 2. The van der Waals surface area contributed by atoms with Gasteiger partial charge < -0.3 is 19.7 Å². The molecule has 6 aromatic rings. The summed E-state index contributed by atoms with van der Waals surface area (Å²) in [5, 5.41) is 18.8. The molecule has 0 fully saturated rings. The first-order valence-corrected chi connectivity index (χ1v) is 16.1. The number of aryl methyl sites for hydroxylation is 2. The summed E-state index contributed by atoms with van der Waals surface area (Å²) < 4.78 is 11.8. The highest BCUT2D eigenvalue weighted by Gasteiger charge is 2.46. The molecule has 0 aromatic heterocycles. The van der Waals surface area contributed by atoms with Crippen LogP contribution in [0.3, 0.4) is 0 Å². The van der Waals surface area contributed by atoms with Crippen molar-refractivity contribution in [2.24, 2.45) is 0 Å². The summed E-state index contributed by atoms with van der Waals surface area (Å²) in [5.74, 6) is 1.53. The molecule has 4 nitrogen and oxygen atoms in total. The van der Waals surface area contributed by atoms with E-state index >= 15 is 0 Å². The molecule has 0 aliphatic heterocycles. The number of aliphatic hydroxyl groups excluding tert-OH is 2. The van der Waals surface area contributed by atoms with Crippen molar-refractivity contribution in [3.8, 4) is 44.9 Å². The Morgan fingerprint density at radius 1 is 0.468 bits per heavy atom. The van der Waals surface area contributed by atoms with Crippen LogP contribution in [0.1, 0.15) is 33.4 Å². The fraction of sp³-hybridized carbons (Fsp3) is 0.163. The Morgan fingerprint density at radius 2 is 0.894 bits per heavy atom. The highest BCUT2D eigenvalue weighted by molar-refractivity contribution is 5.91. The van der Waals surface area contributed by atoms with Crippen LogP contribution in [-0.2, 0) is 5.41 Å². The highest BCUT2D eigenvalue weighted by atomic mass is 16.5. The molecule has 0 unspecified atom stereocenters. The molecule has 6 aromatic carbocycles. The van der Waals surface area contributed by atoms with Crippen LogP contribution in [0.2, 0.25) is 0 Å². The average Bonchev–Trinajstić information content (AvgIpc) is 3.41. The van der Waals surface area contributed by atoms with Gasteiger partial charge in [0, 0.05) is 0 Å². The number of rotatable bonds is 10. The lowest BCUT2D eigenvalue weighted by molar-refractivity contribution is 0.200. The molecule has 1 aliphatic rings. The first kappa shape index (κ1) is 30.5. The Bertz CT molecular complexity index is 1880. The van der Waals surface area contributed by atoms with Gasteiger partial charge in [-0.25, -0.2) is 0 Å². The minimum absolute atomic E-state index is 0.0383. The van der Waals surface area contributed by atoms with Crippen LogP contribution >= 0.6 is 0 Å². The zero-order valence-electron chi connectivity index (χ0n) is 26.7. The van der Waals surface area contributed by atoms with Crippen molar-refractivity contribution < 1.29 is 19.7 Å². The van der Waals surface area contributed by atoms with Crippen molar-refractivity contribution in [1.29, 1.82) is 0 Å². The van der Waals surface area contributed by atoms with E-state index < -0.39 is 5.41 Å². The normalized spacial score (nSPS) is 12.8. The standard InChI is InChI=1S/C43H38O4/c1-29-25-35(15-19-41(29)46-23-21-44)43(36-16-20-42(30(2)26-36)47-24-22-45)39-17-13-33(31-9-5-3-6-10-31)27-37(39)38-28-34(14-18-40(38)43)32-11-7-4-8-12-32/h3-20,25-28,44-45H,21-24H2,1-2H3. The molecule has 0 atom stereocenters. The fourth-order valence-corrected chi connectivity index (χ4v) is 7.14. The predicted octanol–water partition coefficient (Wildman–Crippen LogP) is 8.74. The summed E-state index contributed by atoms with van der Waals surface area (Å²) in [4.78, 5) is 0. The van der Waals surface area contributed by atoms with Crippen LogP contribution in [0.25, 0.3) is 33.4 Å². The number of fused-ring (bicyclic) bond motifs is 3. The topological polar surface area (TPSA) is 58.9 Å². The van der Waals surface area contributed by atoms with Crippen molar-refractivity contribution in [2.45, 2.75) is 19.3 Å². The van der Waals surface area contributed by atoms with Crippen molar-refractivity contribution in [3.05, 3.63) is 167 Å². The van der Waals surface area contributed by atoms with Crippen LogP contribution in [0, 0.1) is 13.8 Å².